The van der Waals surface area contributed by atoms with E-state index in [1.807, 2.05) is 0 Å². The number of carbonyl (C=O) groups is 1. The van der Waals surface area contributed by atoms with Crippen LogP contribution in [0.2, 0.25) is 0 Å². The summed E-state index contributed by atoms with van der Waals surface area (Å²) in [6.07, 6.45) is 0.173. The van der Waals surface area contributed by atoms with Crippen LogP contribution in [0.15, 0.2) is 24.3 Å². The Hall–Kier alpha value is -1.72. The lowest BCUT2D eigenvalue weighted by atomic mass is 9.88. The Morgan fingerprint density at radius 3 is 2.74 bits per heavy atom. The topological polar surface area (TPSA) is 38.3 Å². The fourth-order valence-electron chi connectivity index (χ4n) is 3.80. The zero-order valence-electron chi connectivity index (χ0n) is 12.7. The normalized spacial score (nSPS) is 26.3. The summed E-state index contributed by atoms with van der Waals surface area (Å²) in [6, 6.07) is 6.41. The summed E-state index contributed by atoms with van der Waals surface area (Å²) in [5.74, 6) is 1.56. The van der Waals surface area contributed by atoms with Crippen LogP contribution in [-0.2, 0) is 11.3 Å². The molecule has 1 aromatic carbocycles. The largest absolute Gasteiger partial charge is 0.484 e. The van der Waals surface area contributed by atoms with Gasteiger partial charge in [-0.1, -0.05) is 18.6 Å². The molecule has 0 aromatic heterocycles. The van der Waals surface area contributed by atoms with Gasteiger partial charge in [0.05, 0.1) is 0 Å². The van der Waals surface area contributed by atoms with Crippen molar-refractivity contribution in [3.63, 3.8) is 0 Å². The predicted octanol–water partition coefficient (Wildman–Crippen LogP) is 3.68. The monoisotopic (exact) mass is 327 g/mol. The maximum absolute atomic E-state index is 12.3. The van der Waals surface area contributed by atoms with Crippen molar-refractivity contribution in [2.24, 2.45) is 17.8 Å². The lowest BCUT2D eigenvalue weighted by molar-refractivity contribution is -0.153. The highest BCUT2D eigenvalue weighted by molar-refractivity contribution is 5.79. The molecule has 1 aromatic rings. The minimum Gasteiger partial charge on any atom is -0.484 e. The summed E-state index contributed by atoms with van der Waals surface area (Å²) in [5, 5.41) is 2.91. The minimum absolute atomic E-state index is 0.0683. The molecule has 0 aliphatic heterocycles. The summed E-state index contributed by atoms with van der Waals surface area (Å²) in [6.45, 7) is -0.996. The van der Waals surface area contributed by atoms with Gasteiger partial charge in [-0.3, -0.25) is 4.79 Å². The van der Waals surface area contributed by atoms with Crippen molar-refractivity contribution in [3.05, 3.63) is 29.8 Å². The smallest absolute Gasteiger partial charge is 0.422 e. The molecular weight excluding hydrogens is 307 g/mol. The van der Waals surface area contributed by atoms with E-state index in [1.54, 1.807) is 12.1 Å². The Balaban J connectivity index is 1.51. The molecule has 2 bridgehead atoms. The third-order valence-electron chi connectivity index (χ3n) is 4.84. The summed E-state index contributed by atoms with van der Waals surface area (Å²) < 4.78 is 41.2. The Morgan fingerprint density at radius 1 is 1.26 bits per heavy atom. The summed E-state index contributed by atoms with van der Waals surface area (Å²) >= 11 is 0. The Kier molecular flexibility index (Phi) is 4.50. The quantitative estimate of drug-likeness (QED) is 0.896. The molecule has 2 fully saturated rings. The van der Waals surface area contributed by atoms with Gasteiger partial charge in [-0.2, -0.15) is 13.2 Å². The van der Waals surface area contributed by atoms with Crippen LogP contribution in [0.3, 0.4) is 0 Å². The molecule has 0 spiro atoms. The molecule has 0 radical (unpaired) electrons. The molecule has 2 aliphatic rings. The van der Waals surface area contributed by atoms with Crippen molar-refractivity contribution in [3.8, 4) is 5.75 Å². The lowest BCUT2D eigenvalue weighted by Gasteiger charge is -2.20. The first-order chi connectivity index (χ1) is 10.9. The van der Waals surface area contributed by atoms with Gasteiger partial charge in [-0.05, 0) is 48.8 Å². The van der Waals surface area contributed by atoms with Crippen molar-refractivity contribution in [2.45, 2.75) is 38.4 Å². The van der Waals surface area contributed by atoms with E-state index in [9.17, 15) is 18.0 Å². The molecular formula is C17H20F3NO2. The van der Waals surface area contributed by atoms with Crippen molar-refractivity contribution in [1.82, 2.24) is 5.32 Å². The average Bonchev–Trinajstić information content (AvgIpc) is 3.13. The van der Waals surface area contributed by atoms with E-state index >= 15 is 0 Å². The van der Waals surface area contributed by atoms with E-state index in [1.165, 1.54) is 25.0 Å². The number of benzene rings is 1. The summed E-state index contributed by atoms with van der Waals surface area (Å²) in [7, 11) is 0. The number of alkyl halides is 3. The van der Waals surface area contributed by atoms with E-state index in [2.05, 4.69) is 5.32 Å². The number of nitrogens with one attached hydrogen (secondary N) is 1. The van der Waals surface area contributed by atoms with Crippen molar-refractivity contribution in [1.29, 1.82) is 0 Å². The highest BCUT2D eigenvalue weighted by Gasteiger charge is 2.42. The number of carbonyl (C=O) groups excluding carboxylic acids is 1. The summed E-state index contributed by atoms with van der Waals surface area (Å²) in [4.78, 5) is 12.3. The van der Waals surface area contributed by atoms with Gasteiger partial charge in [-0.15, -0.1) is 0 Å². The minimum atomic E-state index is -4.36. The Morgan fingerprint density at radius 2 is 2.09 bits per heavy atom. The van der Waals surface area contributed by atoms with Gasteiger partial charge in [0.15, 0.2) is 6.61 Å². The van der Waals surface area contributed by atoms with Crippen LogP contribution in [0.5, 0.6) is 5.75 Å². The fourth-order valence-corrected chi connectivity index (χ4v) is 3.80. The van der Waals surface area contributed by atoms with Crippen LogP contribution in [-0.4, -0.2) is 18.7 Å². The van der Waals surface area contributed by atoms with Crippen LogP contribution < -0.4 is 10.1 Å². The second-order valence-corrected chi connectivity index (χ2v) is 6.55. The molecule has 2 aliphatic carbocycles. The van der Waals surface area contributed by atoms with E-state index in [0.29, 0.717) is 18.4 Å². The van der Waals surface area contributed by atoms with Crippen LogP contribution in [0.1, 0.15) is 31.2 Å². The van der Waals surface area contributed by atoms with Gasteiger partial charge in [-0.25, -0.2) is 0 Å². The van der Waals surface area contributed by atoms with Gasteiger partial charge in [0, 0.05) is 12.5 Å². The lowest BCUT2D eigenvalue weighted by Crippen LogP contribution is -2.33. The zero-order chi connectivity index (χ0) is 16.4. The van der Waals surface area contributed by atoms with Gasteiger partial charge < -0.3 is 10.1 Å². The second-order valence-electron chi connectivity index (χ2n) is 6.55. The number of hydrogen-bond acceptors (Lipinski definition) is 2. The van der Waals surface area contributed by atoms with Gasteiger partial charge >= 0.3 is 6.18 Å². The molecule has 1 N–H and O–H groups in total. The van der Waals surface area contributed by atoms with E-state index < -0.39 is 12.8 Å². The standard InChI is InChI=1S/C17H20F3NO2/c18-17(19,20)10-23-14-3-1-2-12(7-14)9-21-16(22)15-8-11-4-5-13(15)6-11/h1-3,7,11,13,15H,4-6,8-10H2,(H,21,22)/t11-,13-,15+/m0/s1. The first kappa shape index (κ1) is 16.1. The molecule has 3 nitrogen and oxygen atoms in total. The van der Waals surface area contributed by atoms with E-state index in [0.717, 1.165) is 18.4 Å². The average molecular weight is 327 g/mol. The number of rotatable bonds is 5. The van der Waals surface area contributed by atoms with Gasteiger partial charge in [0.2, 0.25) is 5.91 Å². The molecule has 1 amide bonds. The molecule has 6 heteroatoms. The maximum Gasteiger partial charge on any atom is 0.422 e. The highest BCUT2D eigenvalue weighted by atomic mass is 19.4. The van der Waals surface area contributed by atoms with Crippen LogP contribution in [0, 0.1) is 17.8 Å². The molecule has 0 unspecified atom stereocenters. The third kappa shape index (κ3) is 4.18. The maximum atomic E-state index is 12.3. The van der Waals surface area contributed by atoms with Crippen molar-refractivity contribution < 1.29 is 22.7 Å². The molecule has 3 atom stereocenters. The first-order valence-corrected chi connectivity index (χ1v) is 7.97. The molecule has 3 rings (SSSR count). The molecule has 2 saturated carbocycles. The van der Waals surface area contributed by atoms with E-state index in [4.69, 9.17) is 4.74 Å². The molecule has 23 heavy (non-hydrogen) atoms. The Bertz CT molecular complexity index is 573. The van der Waals surface area contributed by atoms with Crippen molar-refractivity contribution in [2.75, 3.05) is 6.61 Å². The van der Waals surface area contributed by atoms with Gasteiger partial charge in [0.25, 0.3) is 0 Å². The number of amides is 1. The van der Waals surface area contributed by atoms with E-state index in [-0.39, 0.29) is 17.6 Å². The van der Waals surface area contributed by atoms with Crippen LogP contribution in [0.4, 0.5) is 13.2 Å². The SMILES string of the molecule is O=C(NCc1cccc(OCC(F)(F)F)c1)[C@@H]1C[C@H]2CC[C@H]1C2. The Labute approximate surface area is 133 Å². The van der Waals surface area contributed by atoms with Gasteiger partial charge in [0.1, 0.15) is 5.75 Å². The van der Waals surface area contributed by atoms with Crippen molar-refractivity contribution >= 4 is 5.91 Å². The zero-order valence-corrected chi connectivity index (χ0v) is 12.7. The molecule has 126 valence electrons. The summed E-state index contributed by atoms with van der Waals surface area (Å²) in [5.41, 5.74) is 0.737. The predicted molar refractivity (Wildman–Crippen MR) is 78.8 cm³/mol. The third-order valence-corrected chi connectivity index (χ3v) is 4.84. The highest BCUT2D eigenvalue weighted by Crippen LogP contribution is 2.48. The number of hydrogen-bond donors (Lipinski definition) is 1. The number of fused-ring (bicyclic) bond motifs is 2. The van der Waals surface area contributed by atoms with Crippen LogP contribution >= 0.6 is 0 Å². The molecule has 0 heterocycles. The number of halogens is 3. The fraction of sp³-hybridized carbons (Fsp3) is 0.588. The number of ether oxygens (including phenoxy) is 1. The first-order valence-electron chi connectivity index (χ1n) is 7.97. The van der Waals surface area contributed by atoms with Crippen LogP contribution in [0.25, 0.3) is 0 Å². The molecule has 0 saturated heterocycles. The second kappa shape index (κ2) is 6.42.